The lowest BCUT2D eigenvalue weighted by molar-refractivity contribution is -0.139. The molecule has 1 aromatic carbocycles. The fraction of sp³-hybridized carbons (Fsp3) is 0.111. The lowest BCUT2D eigenvalue weighted by Crippen LogP contribution is -2.16. The third kappa shape index (κ3) is 3.01. The first-order chi connectivity index (χ1) is 7.00. The van der Waals surface area contributed by atoms with Crippen LogP contribution in [0.25, 0.3) is 0 Å². The molecule has 2 N–H and O–H groups in total. The van der Waals surface area contributed by atoms with Gasteiger partial charge in [-0.1, -0.05) is 6.07 Å². The minimum absolute atomic E-state index is 0.374. The van der Waals surface area contributed by atoms with Gasteiger partial charge in [-0.25, -0.2) is 8.78 Å². The van der Waals surface area contributed by atoms with Crippen LogP contribution in [-0.2, 0) is 9.59 Å². The number of aliphatic carboxylic acids is 1. The van der Waals surface area contributed by atoms with Gasteiger partial charge in [0.2, 0.25) is 5.91 Å². The molecule has 4 nitrogen and oxygen atoms in total. The second-order valence-electron chi connectivity index (χ2n) is 2.72. The van der Waals surface area contributed by atoms with E-state index in [0.717, 1.165) is 12.1 Å². The molecule has 0 aliphatic heterocycles. The molecule has 1 aromatic rings. The third-order valence-electron chi connectivity index (χ3n) is 1.54. The highest BCUT2D eigenvalue weighted by molar-refractivity contribution is 6.01. The molecular weight excluding hydrogens is 208 g/mol. The molecule has 0 unspecified atom stereocenters. The van der Waals surface area contributed by atoms with E-state index in [4.69, 9.17) is 5.11 Å². The Bertz CT molecular complexity index is 406. The SMILES string of the molecule is O=C(O)CC(=O)Nc1cccc(F)c1F. The molecule has 0 bridgehead atoms. The molecule has 15 heavy (non-hydrogen) atoms. The topological polar surface area (TPSA) is 66.4 Å². The van der Waals surface area contributed by atoms with Crippen LogP contribution in [0.3, 0.4) is 0 Å². The van der Waals surface area contributed by atoms with Gasteiger partial charge in [0.1, 0.15) is 6.42 Å². The van der Waals surface area contributed by atoms with Crippen molar-refractivity contribution in [3.63, 3.8) is 0 Å². The summed E-state index contributed by atoms with van der Waals surface area (Å²) < 4.78 is 25.6. The van der Waals surface area contributed by atoms with Gasteiger partial charge >= 0.3 is 5.97 Å². The largest absolute Gasteiger partial charge is 0.481 e. The number of nitrogens with one attached hydrogen (secondary N) is 1. The fourth-order valence-electron chi connectivity index (χ4n) is 0.932. The maximum Gasteiger partial charge on any atom is 0.312 e. The predicted octanol–water partition coefficient (Wildman–Crippen LogP) is 1.38. The molecule has 1 amide bonds. The average molecular weight is 215 g/mol. The lowest BCUT2D eigenvalue weighted by atomic mass is 10.3. The first-order valence-corrected chi connectivity index (χ1v) is 3.96. The summed E-state index contributed by atoms with van der Waals surface area (Å²) in [4.78, 5) is 21.0. The van der Waals surface area contributed by atoms with E-state index in [-0.39, 0.29) is 5.69 Å². The zero-order valence-electron chi connectivity index (χ0n) is 7.46. The zero-order chi connectivity index (χ0) is 11.4. The fourth-order valence-corrected chi connectivity index (χ4v) is 0.932. The first-order valence-electron chi connectivity index (χ1n) is 3.96. The molecule has 0 aliphatic rings. The summed E-state index contributed by atoms with van der Waals surface area (Å²) in [6.07, 6.45) is -0.796. The number of carboxylic acid groups (broad SMARTS) is 1. The van der Waals surface area contributed by atoms with E-state index >= 15 is 0 Å². The van der Waals surface area contributed by atoms with Gasteiger partial charge in [0.05, 0.1) is 5.69 Å². The Labute approximate surface area is 83.5 Å². The molecule has 0 saturated carbocycles. The van der Waals surface area contributed by atoms with Gasteiger partial charge in [-0.2, -0.15) is 0 Å². The number of carboxylic acids is 1. The Morgan fingerprint density at radius 2 is 2.00 bits per heavy atom. The van der Waals surface area contributed by atoms with Crippen LogP contribution in [0.2, 0.25) is 0 Å². The number of carbonyl (C=O) groups is 2. The molecule has 0 radical (unpaired) electrons. The minimum Gasteiger partial charge on any atom is -0.481 e. The Morgan fingerprint density at radius 1 is 1.33 bits per heavy atom. The highest BCUT2D eigenvalue weighted by Crippen LogP contribution is 2.16. The van der Waals surface area contributed by atoms with E-state index in [2.05, 4.69) is 0 Å². The van der Waals surface area contributed by atoms with E-state index in [9.17, 15) is 18.4 Å². The summed E-state index contributed by atoms with van der Waals surface area (Å²) in [5.74, 6) is -4.57. The highest BCUT2D eigenvalue weighted by Gasteiger charge is 2.12. The number of anilines is 1. The summed E-state index contributed by atoms with van der Waals surface area (Å²) in [5, 5.41) is 10.2. The molecular formula is C9H7F2NO3. The van der Waals surface area contributed by atoms with Gasteiger partial charge in [0, 0.05) is 0 Å². The summed E-state index contributed by atoms with van der Waals surface area (Å²) in [5.41, 5.74) is -0.374. The Hall–Kier alpha value is -1.98. The van der Waals surface area contributed by atoms with Crippen molar-refractivity contribution in [1.82, 2.24) is 0 Å². The van der Waals surface area contributed by atoms with E-state index in [1.807, 2.05) is 5.32 Å². The number of carbonyl (C=O) groups excluding carboxylic acids is 1. The van der Waals surface area contributed by atoms with Gasteiger partial charge in [-0.3, -0.25) is 9.59 Å². The molecule has 1 rings (SSSR count). The number of amides is 1. The molecule has 0 spiro atoms. The summed E-state index contributed by atoms with van der Waals surface area (Å²) in [6.45, 7) is 0. The number of hydrogen-bond acceptors (Lipinski definition) is 2. The maximum atomic E-state index is 13.0. The summed E-state index contributed by atoms with van der Waals surface area (Å²) in [6, 6.07) is 3.23. The number of rotatable bonds is 3. The van der Waals surface area contributed by atoms with Crippen LogP contribution in [0, 0.1) is 11.6 Å². The van der Waals surface area contributed by atoms with Crippen LogP contribution >= 0.6 is 0 Å². The number of hydrogen-bond donors (Lipinski definition) is 2. The normalized spacial score (nSPS) is 9.73. The summed E-state index contributed by atoms with van der Waals surface area (Å²) >= 11 is 0. The van der Waals surface area contributed by atoms with Gasteiger partial charge in [0.25, 0.3) is 0 Å². The van der Waals surface area contributed by atoms with Crippen LogP contribution < -0.4 is 5.32 Å². The molecule has 0 heterocycles. The lowest BCUT2D eigenvalue weighted by Gasteiger charge is -2.04. The quantitative estimate of drug-likeness (QED) is 0.748. The second-order valence-corrected chi connectivity index (χ2v) is 2.72. The predicted molar refractivity (Wildman–Crippen MR) is 47.2 cm³/mol. The standard InChI is InChI=1S/C9H7F2NO3/c10-5-2-1-3-6(9(5)11)12-7(13)4-8(14)15/h1-3H,4H2,(H,12,13)(H,14,15). The maximum absolute atomic E-state index is 13.0. The minimum atomic E-state index is -1.34. The van der Waals surface area contributed by atoms with Crippen LogP contribution in [0.4, 0.5) is 14.5 Å². The van der Waals surface area contributed by atoms with Crippen molar-refractivity contribution in [2.75, 3.05) is 5.32 Å². The van der Waals surface area contributed by atoms with Crippen molar-refractivity contribution in [2.24, 2.45) is 0 Å². The smallest absolute Gasteiger partial charge is 0.312 e. The Balaban J connectivity index is 2.77. The van der Waals surface area contributed by atoms with Crippen LogP contribution in [0.15, 0.2) is 18.2 Å². The molecule has 0 atom stereocenters. The Morgan fingerprint density at radius 3 is 2.60 bits per heavy atom. The van der Waals surface area contributed by atoms with Gasteiger partial charge in [0.15, 0.2) is 11.6 Å². The second kappa shape index (κ2) is 4.50. The monoisotopic (exact) mass is 215 g/mol. The molecule has 0 aromatic heterocycles. The van der Waals surface area contributed by atoms with Crippen molar-refractivity contribution in [2.45, 2.75) is 6.42 Å². The van der Waals surface area contributed by atoms with Crippen molar-refractivity contribution in [1.29, 1.82) is 0 Å². The number of halogens is 2. The molecule has 80 valence electrons. The molecule has 0 saturated heterocycles. The average Bonchev–Trinajstić information content (AvgIpc) is 2.11. The van der Waals surface area contributed by atoms with Crippen molar-refractivity contribution in [3.05, 3.63) is 29.8 Å². The van der Waals surface area contributed by atoms with Crippen molar-refractivity contribution < 1.29 is 23.5 Å². The zero-order valence-corrected chi connectivity index (χ0v) is 7.46. The van der Waals surface area contributed by atoms with E-state index < -0.39 is 29.9 Å². The van der Waals surface area contributed by atoms with Crippen LogP contribution in [0.1, 0.15) is 6.42 Å². The van der Waals surface area contributed by atoms with Gasteiger partial charge < -0.3 is 10.4 Å². The molecule has 0 aliphatic carbocycles. The number of benzene rings is 1. The van der Waals surface area contributed by atoms with E-state index in [1.54, 1.807) is 0 Å². The van der Waals surface area contributed by atoms with E-state index in [0.29, 0.717) is 0 Å². The van der Waals surface area contributed by atoms with Gasteiger partial charge in [-0.05, 0) is 12.1 Å². The molecule has 0 fully saturated rings. The first kappa shape index (κ1) is 11.1. The third-order valence-corrected chi connectivity index (χ3v) is 1.54. The van der Waals surface area contributed by atoms with Crippen LogP contribution in [-0.4, -0.2) is 17.0 Å². The van der Waals surface area contributed by atoms with Crippen molar-refractivity contribution in [3.8, 4) is 0 Å². The van der Waals surface area contributed by atoms with Crippen LogP contribution in [0.5, 0.6) is 0 Å². The summed E-state index contributed by atoms with van der Waals surface area (Å²) in [7, 11) is 0. The molecule has 6 heteroatoms. The van der Waals surface area contributed by atoms with Crippen molar-refractivity contribution >= 4 is 17.6 Å². The Kier molecular flexibility index (Phi) is 3.33. The van der Waals surface area contributed by atoms with E-state index in [1.165, 1.54) is 6.07 Å². The van der Waals surface area contributed by atoms with Gasteiger partial charge in [-0.15, -0.1) is 0 Å². The highest BCUT2D eigenvalue weighted by atomic mass is 19.2.